The smallest absolute Gasteiger partial charge is 0.0206 e. The average molecular weight is 246 g/mol. The Morgan fingerprint density at radius 1 is 1.00 bits per heavy atom. The number of aryl methyl sites for hydroxylation is 2. The third-order valence-corrected chi connectivity index (χ3v) is 3.66. The quantitative estimate of drug-likeness (QED) is 0.804. The highest BCUT2D eigenvalue weighted by Crippen LogP contribution is 2.09. The topological polar surface area (TPSA) is 15.3 Å². The van der Waals surface area contributed by atoms with Gasteiger partial charge in [-0.15, -0.1) is 0 Å². The van der Waals surface area contributed by atoms with Gasteiger partial charge in [0.2, 0.25) is 0 Å². The molecule has 1 aromatic rings. The van der Waals surface area contributed by atoms with E-state index in [1.54, 1.807) is 0 Å². The number of nitrogens with one attached hydrogen (secondary N) is 1. The Bertz CT molecular complexity index is 347. The standard InChI is InChI=1S/C16H26N2/c1-14-10-15(2)12-16(11-14)13-17-6-9-18-7-4-3-5-8-18/h10-12,17H,3-9,13H2,1-2H3. The van der Waals surface area contributed by atoms with E-state index >= 15 is 0 Å². The van der Waals surface area contributed by atoms with Crippen molar-refractivity contribution in [1.82, 2.24) is 10.2 Å². The maximum absolute atomic E-state index is 3.56. The number of likely N-dealkylation sites (tertiary alicyclic amines) is 1. The number of nitrogens with zero attached hydrogens (tertiary/aromatic N) is 1. The van der Waals surface area contributed by atoms with Crippen LogP contribution in [-0.4, -0.2) is 31.1 Å². The lowest BCUT2D eigenvalue weighted by Gasteiger charge is -2.26. The highest BCUT2D eigenvalue weighted by Gasteiger charge is 2.08. The van der Waals surface area contributed by atoms with Gasteiger partial charge in [-0.1, -0.05) is 35.7 Å². The van der Waals surface area contributed by atoms with E-state index in [1.165, 1.54) is 55.6 Å². The number of hydrogen-bond donors (Lipinski definition) is 1. The molecule has 0 bridgehead atoms. The summed E-state index contributed by atoms with van der Waals surface area (Å²) in [5.74, 6) is 0. The van der Waals surface area contributed by atoms with Crippen molar-refractivity contribution < 1.29 is 0 Å². The number of rotatable bonds is 5. The highest BCUT2D eigenvalue weighted by atomic mass is 15.1. The normalized spacial score (nSPS) is 17.0. The number of benzene rings is 1. The zero-order chi connectivity index (χ0) is 12.8. The van der Waals surface area contributed by atoms with E-state index in [2.05, 4.69) is 42.3 Å². The predicted octanol–water partition coefficient (Wildman–Crippen LogP) is 2.88. The molecule has 1 aliphatic rings. The van der Waals surface area contributed by atoms with Crippen molar-refractivity contribution in [1.29, 1.82) is 0 Å². The van der Waals surface area contributed by atoms with Crippen LogP contribution in [0.4, 0.5) is 0 Å². The SMILES string of the molecule is Cc1cc(C)cc(CNCCN2CCCCC2)c1. The van der Waals surface area contributed by atoms with Crippen LogP contribution in [0.3, 0.4) is 0 Å². The summed E-state index contributed by atoms with van der Waals surface area (Å²) in [6.45, 7) is 10.2. The fourth-order valence-corrected chi connectivity index (χ4v) is 2.82. The van der Waals surface area contributed by atoms with Crippen LogP contribution < -0.4 is 5.32 Å². The predicted molar refractivity (Wildman–Crippen MR) is 77.9 cm³/mol. The van der Waals surface area contributed by atoms with Gasteiger partial charge in [0.15, 0.2) is 0 Å². The molecule has 0 spiro atoms. The molecule has 0 aromatic heterocycles. The van der Waals surface area contributed by atoms with E-state index in [4.69, 9.17) is 0 Å². The van der Waals surface area contributed by atoms with E-state index in [0.717, 1.165) is 13.1 Å². The highest BCUT2D eigenvalue weighted by molar-refractivity contribution is 5.28. The number of piperidine rings is 1. The summed E-state index contributed by atoms with van der Waals surface area (Å²) in [7, 11) is 0. The molecule has 0 atom stereocenters. The zero-order valence-electron chi connectivity index (χ0n) is 11.8. The summed E-state index contributed by atoms with van der Waals surface area (Å²) in [6, 6.07) is 6.79. The van der Waals surface area contributed by atoms with Crippen molar-refractivity contribution in [3.8, 4) is 0 Å². The van der Waals surface area contributed by atoms with Gasteiger partial charge in [0.25, 0.3) is 0 Å². The molecule has 2 nitrogen and oxygen atoms in total. The maximum atomic E-state index is 3.56. The molecule has 1 fully saturated rings. The van der Waals surface area contributed by atoms with Crippen molar-refractivity contribution in [3.63, 3.8) is 0 Å². The monoisotopic (exact) mass is 246 g/mol. The van der Waals surface area contributed by atoms with Gasteiger partial charge >= 0.3 is 0 Å². The second-order valence-electron chi connectivity index (χ2n) is 5.58. The molecular weight excluding hydrogens is 220 g/mol. The summed E-state index contributed by atoms with van der Waals surface area (Å²) < 4.78 is 0. The van der Waals surface area contributed by atoms with Gasteiger partial charge in [0, 0.05) is 19.6 Å². The molecule has 2 heteroatoms. The van der Waals surface area contributed by atoms with E-state index in [-0.39, 0.29) is 0 Å². The van der Waals surface area contributed by atoms with Gasteiger partial charge in [-0.2, -0.15) is 0 Å². The fourth-order valence-electron chi connectivity index (χ4n) is 2.82. The Morgan fingerprint density at radius 3 is 2.33 bits per heavy atom. The molecular formula is C16H26N2. The van der Waals surface area contributed by atoms with Crippen LogP contribution >= 0.6 is 0 Å². The first-order chi connectivity index (χ1) is 8.74. The molecule has 1 aromatic carbocycles. The Balaban J connectivity index is 1.68. The van der Waals surface area contributed by atoms with Crippen LogP contribution in [0.25, 0.3) is 0 Å². The molecule has 1 heterocycles. The Hall–Kier alpha value is -0.860. The summed E-state index contributed by atoms with van der Waals surface area (Å²) in [4.78, 5) is 2.58. The van der Waals surface area contributed by atoms with E-state index < -0.39 is 0 Å². The van der Waals surface area contributed by atoms with Crippen LogP contribution in [0.1, 0.15) is 36.0 Å². The van der Waals surface area contributed by atoms with Crippen LogP contribution in [-0.2, 0) is 6.54 Å². The molecule has 0 aliphatic carbocycles. The summed E-state index contributed by atoms with van der Waals surface area (Å²) in [5, 5.41) is 3.56. The van der Waals surface area contributed by atoms with Gasteiger partial charge in [-0.3, -0.25) is 0 Å². The maximum Gasteiger partial charge on any atom is 0.0206 e. The molecule has 0 unspecified atom stereocenters. The van der Waals surface area contributed by atoms with Gasteiger partial charge in [0.1, 0.15) is 0 Å². The first-order valence-electron chi connectivity index (χ1n) is 7.24. The van der Waals surface area contributed by atoms with Crippen molar-refractivity contribution >= 4 is 0 Å². The molecule has 18 heavy (non-hydrogen) atoms. The first-order valence-corrected chi connectivity index (χ1v) is 7.24. The lowest BCUT2D eigenvalue weighted by atomic mass is 10.1. The minimum atomic E-state index is 0.996. The average Bonchev–Trinajstić information content (AvgIpc) is 2.35. The first kappa shape index (κ1) is 13.6. The molecule has 100 valence electrons. The van der Waals surface area contributed by atoms with Gasteiger partial charge < -0.3 is 10.2 Å². The Labute approximate surface area is 111 Å². The van der Waals surface area contributed by atoms with E-state index in [0.29, 0.717) is 0 Å². The number of hydrogen-bond acceptors (Lipinski definition) is 2. The van der Waals surface area contributed by atoms with E-state index in [1.807, 2.05) is 0 Å². The van der Waals surface area contributed by atoms with Crippen molar-refractivity contribution in [2.24, 2.45) is 0 Å². The molecule has 1 saturated heterocycles. The molecule has 0 saturated carbocycles. The molecule has 1 aliphatic heterocycles. The minimum absolute atomic E-state index is 0.996. The van der Waals surface area contributed by atoms with Crippen LogP contribution in [0.2, 0.25) is 0 Å². The minimum Gasteiger partial charge on any atom is -0.311 e. The van der Waals surface area contributed by atoms with Crippen LogP contribution in [0.5, 0.6) is 0 Å². The molecule has 2 rings (SSSR count). The summed E-state index contributed by atoms with van der Waals surface area (Å²) in [5.41, 5.74) is 4.14. The third-order valence-electron chi connectivity index (χ3n) is 3.66. The van der Waals surface area contributed by atoms with Crippen molar-refractivity contribution in [3.05, 3.63) is 34.9 Å². The van der Waals surface area contributed by atoms with E-state index in [9.17, 15) is 0 Å². The van der Waals surface area contributed by atoms with Crippen molar-refractivity contribution in [2.45, 2.75) is 39.7 Å². The van der Waals surface area contributed by atoms with Crippen LogP contribution in [0, 0.1) is 13.8 Å². The Kier molecular flexibility index (Phi) is 5.21. The third kappa shape index (κ3) is 4.43. The lowest BCUT2D eigenvalue weighted by molar-refractivity contribution is 0.229. The molecule has 0 radical (unpaired) electrons. The lowest BCUT2D eigenvalue weighted by Crippen LogP contribution is -2.35. The van der Waals surface area contributed by atoms with Gasteiger partial charge in [0.05, 0.1) is 0 Å². The van der Waals surface area contributed by atoms with Gasteiger partial charge in [-0.25, -0.2) is 0 Å². The largest absolute Gasteiger partial charge is 0.311 e. The molecule has 0 amide bonds. The van der Waals surface area contributed by atoms with Gasteiger partial charge in [-0.05, 0) is 45.3 Å². The second-order valence-corrected chi connectivity index (χ2v) is 5.58. The second kappa shape index (κ2) is 6.91. The van der Waals surface area contributed by atoms with Crippen molar-refractivity contribution in [2.75, 3.05) is 26.2 Å². The Morgan fingerprint density at radius 2 is 1.67 bits per heavy atom. The molecule has 1 N–H and O–H groups in total. The zero-order valence-corrected chi connectivity index (χ0v) is 11.8. The summed E-state index contributed by atoms with van der Waals surface area (Å²) in [6.07, 6.45) is 4.20. The summed E-state index contributed by atoms with van der Waals surface area (Å²) >= 11 is 0. The van der Waals surface area contributed by atoms with Crippen LogP contribution in [0.15, 0.2) is 18.2 Å². The fraction of sp³-hybridized carbons (Fsp3) is 0.625.